The van der Waals surface area contributed by atoms with E-state index in [0.29, 0.717) is 13.1 Å². The Balaban J connectivity index is 1.56. The molecule has 3 rings (SSSR count). The first-order valence-corrected chi connectivity index (χ1v) is 10.0. The molecule has 0 amide bonds. The number of rotatable bonds is 5. The fourth-order valence-corrected chi connectivity index (χ4v) is 5.02. The second kappa shape index (κ2) is 6.91. The average Bonchev–Trinajstić information content (AvgIpc) is 3.01. The third-order valence-corrected chi connectivity index (χ3v) is 6.63. The third kappa shape index (κ3) is 3.95. The van der Waals surface area contributed by atoms with Gasteiger partial charge in [0.25, 0.3) is 0 Å². The zero-order valence-corrected chi connectivity index (χ0v) is 14.1. The van der Waals surface area contributed by atoms with Crippen molar-refractivity contribution in [1.82, 2.24) is 4.31 Å². The first-order chi connectivity index (χ1) is 10.6. The lowest BCUT2D eigenvalue weighted by Crippen LogP contribution is -3.13. The van der Waals surface area contributed by atoms with Crippen molar-refractivity contribution in [2.24, 2.45) is 0 Å². The molecule has 1 aromatic heterocycles. The topological polar surface area (TPSA) is 41.8 Å². The number of hydrogen-bond acceptors (Lipinski definition) is 3. The minimum Gasteiger partial charge on any atom is -0.329 e. The molecule has 22 heavy (non-hydrogen) atoms. The minimum absolute atomic E-state index is 0.105. The SMILES string of the molecule is O=S(=O)(Cc1ccccc1)N1CC[NH+](Cc2ccsc2)CC1. The molecular formula is C16H21N2O2S2+. The van der Waals surface area contributed by atoms with Crippen LogP contribution in [0.25, 0.3) is 0 Å². The number of nitrogens with zero attached hydrogens (tertiary/aromatic N) is 1. The molecule has 118 valence electrons. The van der Waals surface area contributed by atoms with E-state index in [-0.39, 0.29) is 5.75 Å². The van der Waals surface area contributed by atoms with Crippen molar-refractivity contribution in [3.05, 3.63) is 58.3 Å². The van der Waals surface area contributed by atoms with Gasteiger partial charge in [0.05, 0.1) is 31.9 Å². The van der Waals surface area contributed by atoms with Crippen LogP contribution in [0.3, 0.4) is 0 Å². The van der Waals surface area contributed by atoms with E-state index in [0.717, 1.165) is 25.2 Å². The molecule has 1 aliphatic heterocycles. The molecule has 1 aromatic carbocycles. The van der Waals surface area contributed by atoms with Crippen molar-refractivity contribution >= 4 is 21.4 Å². The van der Waals surface area contributed by atoms with Crippen molar-refractivity contribution in [2.45, 2.75) is 12.3 Å². The van der Waals surface area contributed by atoms with Gasteiger partial charge < -0.3 is 4.90 Å². The van der Waals surface area contributed by atoms with Gasteiger partial charge in [-0.05, 0) is 22.4 Å². The zero-order valence-electron chi connectivity index (χ0n) is 12.4. The van der Waals surface area contributed by atoms with Crippen LogP contribution in [0.4, 0.5) is 0 Å². The Labute approximate surface area is 136 Å². The lowest BCUT2D eigenvalue weighted by atomic mass is 10.2. The summed E-state index contributed by atoms with van der Waals surface area (Å²) in [7, 11) is -3.20. The van der Waals surface area contributed by atoms with Gasteiger partial charge in [-0.2, -0.15) is 15.6 Å². The number of sulfonamides is 1. The van der Waals surface area contributed by atoms with Crippen LogP contribution >= 0.6 is 11.3 Å². The molecular weight excluding hydrogens is 316 g/mol. The van der Waals surface area contributed by atoms with Crippen LogP contribution in [0.1, 0.15) is 11.1 Å². The molecule has 1 saturated heterocycles. The maximum atomic E-state index is 12.5. The monoisotopic (exact) mass is 337 g/mol. The Morgan fingerprint density at radius 2 is 1.77 bits per heavy atom. The fourth-order valence-electron chi connectivity index (χ4n) is 2.82. The first-order valence-electron chi connectivity index (χ1n) is 7.50. The highest BCUT2D eigenvalue weighted by Crippen LogP contribution is 2.11. The molecule has 4 nitrogen and oxygen atoms in total. The molecule has 2 heterocycles. The van der Waals surface area contributed by atoms with Crippen LogP contribution < -0.4 is 4.90 Å². The summed E-state index contributed by atoms with van der Waals surface area (Å²) in [5, 5.41) is 4.26. The summed E-state index contributed by atoms with van der Waals surface area (Å²) in [6.07, 6.45) is 0. The average molecular weight is 337 g/mol. The van der Waals surface area contributed by atoms with E-state index >= 15 is 0 Å². The normalized spacial score (nSPS) is 17.6. The lowest BCUT2D eigenvalue weighted by Gasteiger charge is -2.31. The van der Waals surface area contributed by atoms with Crippen LogP contribution in [0.15, 0.2) is 47.2 Å². The van der Waals surface area contributed by atoms with Gasteiger partial charge >= 0.3 is 0 Å². The largest absolute Gasteiger partial charge is 0.329 e. The van der Waals surface area contributed by atoms with E-state index in [1.54, 1.807) is 15.6 Å². The van der Waals surface area contributed by atoms with Crippen molar-refractivity contribution in [2.75, 3.05) is 26.2 Å². The summed E-state index contributed by atoms with van der Waals surface area (Å²) >= 11 is 1.71. The van der Waals surface area contributed by atoms with Gasteiger partial charge in [0.2, 0.25) is 10.0 Å². The highest BCUT2D eigenvalue weighted by molar-refractivity contribution is 7.88. The van der Waals surface area contributed by atoms with Gasteiger partial charge in [0, 0.05) is 5.56 Å². The van der Waals surface area contributed by atoms with Gasteiger partial charge in [-0.3, -0.25) is 0 Å². The molecule has 1 aliphatic rings. The van der Waals surface area contributed by atoms with Crippen LogP contribution in [-0.4, -0.2) is 38.9 Å². The first kappa shape index (κ1) is 15.7. The highest BCUT2D eigenvalue weighted by atomic mass is 32.2. The van der Waals surface area contributed by atoms with Gasteiger partial charge in [-0.15, -0.1) is 0 Å². The molecule has 0 bridgehead atoms. The third-order valence-electron chi connectivity index (χ3n) is 4.05. The molecule has 0 atom stereocenters. The molecule has 2 aromatic rings. The number of nitrogens with one attached hydrogen (secondary N) is 1. The molecule has 0 radical (unpaired) electrons. The molecule has 0 saturated carbocycles. The van der Waals surface area contributed by atoms with Gasteiger partial charge in [-0.1, -0.05) is 30.3 Å². The Hall–Kier alpha value is -1.21. The number of thiophene rings is 1. The maximum absolute atomic E-state index is 12.5. The lowest BCUT2D eigenvalue weighted by molar-refractivity contribution is -0.917. The Morgan fingerprint density at radius 1 is 1.05 bits per heavy atom. The summed E-state index contributed by atoms with van der Waals surface area (Å²) in [6.45, 7) is 3.99. The molecule has 0 spiro atoms. The summed E-state index contributed by atoms with van der Waals surface area (Å²) in [4.78, 5) is 1.46. The number of quaternary nitrogens is 1. The minimum atomic E-state index is -3.20. The summed E-state index contributed by atoms with van der Waals surface area (Å²) < 4.78 is 26.6. The Kier molecular flexibility index (Phi) is 4.93. The van der Waals surface area contributed by atoms with E-state index in [1.165, 1.54) is 10.5 Å². The summed E-state index contributed by atoms with van der Waals surface area (Å²) in [5.74, 6) is 0.105. The van der Waals surface area contributed by atoms with Crippen molar-refractivity contribution in [3.8, 4) is 0 Å². The second-order valence-electron chi connectivity index (χ2n) is 5.70. The predicted octanol–water partition coefficient (Wildman–Crippen LogP) is 0.979. The van der Waals surface area contributed by atoms with Gasteiger partial charge in [-0.25, -0.2) is 8.42 Å². The van der Waals surface area contributed by atoms with E-state index in [2.05, 4.69) is 16.8 Å². The molecule has 0 aliphatic carbocycles. The van der Waals surface area contributed by atoms with Crippen LogP contribution in [-0.2, 0) is 22.3 Å². The summed E-state index contributed by atoms with van der Waals surface area (Å²) in [5.41, 5.74) is 2.20. The second-order valence-corrected chi connectivity index (χ2v) is 8.45. The van der Waals surface area contributed by atoms with E-state index < -0.39 is 10.0 Å². The van der Waals surface area contributed by atoms with E-state index in [4.69, 9.17) is 0 Å². The van der Waals surface area contributed by atoms with E-state index in [1.807, 2.05) is 30.3 Å². The highest BCUT2D eigenvalue weighted by Gasteiger charge is 2.29. The Bertz CT molecular complexity index is 676. The Morgan fingerprint density at radius 3 is 2.41 bits per heavy atom. The van der Waals surface area contributed by atoms with Crippen LogP contribution in [0.5, 0.6) is 0 Å². The predicted molar refractivity (Wildman–Crippen MR) is 89.4 cm³/mol. The summed E-state index contributed by atoms with van der Waals surface area (Å²) in [6, 6.07) is 11.6. The molecule has 6 heteroatoms. The maximum Gasteiger partial charge on any atom is 0.218 e. The molecule has 1 N–H and O–H groups in total. The zero-order chi connectivity index (χ0) is 15.4. The molecule has 1 fully saturated rings. The number of benzene rings is 1. The van der Waals surface area contributed by atoms with Crippen molar-refractivity contribution < 1.29 is 13.3 Å². The smallest absolute Gasteiger partial charge is 0.218 e. The van der Waals surface area contributed by atoms with E-state index in [9.17, 15) is 8.42 Å². The molecule has 0 unspecified atom stereocenters. The van der Waals surface area contributed by atoms with Crippen LogP contribution in [0, 0.1) is 0 Å². The van der Waals surface area contributed by atoms with Crippen molar-refractivity contribution in [3.63, 3.8) is 0 Å². The quantitative estimate of drug-likeness (QED) is 0.884. The van der Waals surface area contributed by atoms with Gasteiger partial charge in [0.15, 0.2) is 0 Å². The number of hydrogen-bond donors (Lipinski definition) is 1. The standard InChI is InChI=1S/C16H20N2O2S2/c19-22(20,14-15-4-2-1-3-5-15)18-9-7-17(8-10-18)12-16-6-11-21-13-16/h1-6,11,13H,7-10,12,14H2/p+1. The fraction of sp³-hybridized carbons (Fsp3) is 0.375. The van der Waals surface area contributed by atoms with Crippen LogP contribution in [0.2, 0.25) is 0 Å². The number of piperazine rings is 1. The van der Waals surface area contributed by atoms with Gasteiger partial charge in [0.1, 0.15) is 6.54 Å². The van der Waals surface area contributed by atoms with Crippen molar-refractivity contribution in [1.29, 1.82) is 0 Å².